The fraction of sp³-hybridized carbons (Fsp3) is 0.905. The van der Waals surface area contributed by atoms with E-state index in [2.05, 4.69) is 21.3 Å². The Kier molecular flexibility index (Phi) is 7.48. The zero-order chi connectivity index (χ0) is 18.7. The summed E-state index contributed by atoms with van der Waals surface area (Å²) in [5, 5.41) is 12.6. The van der Waals surface area contributed by atoms with Gasteiger partial charge in [0.05, 0.1) is 0 Å². The SMILES string of the molecule is Cl.O=C(CCNC(=O)NC12CC3CC(CC(C3)C1)C2)NCCC1CCCNC1. The van der Waals surface area contributed by atoms with Crippen LogP contribution in [0.5, 0.6) is 0 Å². The number of carbonyl (C=O) groups excluding carboxylic acids is 2. The molecular weight excluding hydrogens is 376 g/mol. The van der Waals surface area contributed by atoms with Gasteiger partial charge in [0.15, 0.2) is 0 Å². The van der Waals surface area contributed by atoms with Gasteiger partial charge in [0, 0.05) is 25.0 Å². The summed E-state index contributed by atoms with van der Waals surface area (Å²) in [7, 11) is 0. The van der Waals surface area contributed by atoms with E-state index in [0.717, 1.165) is 63.1 Å². The molecule has 6 nitrogen and oxygen atoms in total. The van der Waals surface area contributed by atoms with Crippen molar-refractivity contribution in [2.45, 2.75) is 69.7 Å². The van der Waals surface area contributed by atoms with Gasteiger partial charge in [-0.05, 0) is 94.5 Å². The van der Waals surface area contributed by atoms with Crippen molar-refractivity contribution >= 4 is 24.3 Å². The molecule has 5 rings (SSSR count). The van der Waals surface area contributed by atoms with Crippen LogP contribution >= 0.6 is 12.4 Å². The van der Waals surface area contributed by atoms with E-state index in [1.165, 1.54) is 32.1 Å². The Morgan fingerprint density at radius 2 is 1.64 bits per heavy atom. The molecule has 1 unspecified atom stereocenters. The Labute approximate surface area is 175 Å². The van der Waals surface area contributed by atoms with Crippen LogP contribution in [0.4, 0.5) is 4.79 Å². The van der Waals surface area contributed by atoms with Crippen LogP contribution in [0.2, 0.25) is 0 Å². The van der Waals surface area contributed by atoms with E-state index in [-0.39, 0.29) is 29.9 Å². The largest absolute Gasteiger partial charge is 0.356 e. The van der Waals surface area contributed by atoms with Crippen LogP contribution in [-0.4, -0.2) is 43.7 Å². The molecule has 0 aromatic heterocycles. The normalized spacial score (nSPS) is 35.7. The van der Waals surface area contributed by atoms with Crippen molar-refractivity contribution in [3.05, 3.63) is 0 Å². The third-order valence-electron chi connectivity index (χ3n) is 7.33. The maximum atomic E-state index is 12.4. The lowest BCUT2D eigenvalue weighted by Crippen LogP contribution is -2.61. The summed E-state index contributed by atoms with van der Waals surface area (Å²) in [4.78, 5) is 24.3. The number of hydrogen-bond acceptors (Lipinski definition) is 3. The number of halogens is 1. The van der Waals surface area contributed by atoms with E-state index in [4.69, 9.17) is 0 Å². The molecule has 1 heterocycles. The third kappa shape index (κ3) is 5.53. The molecule has 0 aromatic rings. The molecule has 1 saturated heterocycles. The molecule has 160 valence electrons. The smallest absolute Gasteiger partial charge is 0.315 e. The van der Waals surface area contributed by atoms with Crippen LogP contribution in [0.25, 0.3) is 0 Å². The third-order valence-corrected chi connectivity index (χ3v) is 7.33. The Bertz CT molecular complexity index is 515. The van der Waals surface area contributed by atoms with Crippen LogP contribution in [-0.2, 0) is 4.79 Å². The topological polar surface area (TPSA) is 82.3 Å². The first-order valence-electron chi connectivity index (χ1n) is 11.1. The maximum absolute atomic E-state index is 12.4. The van der Waals surface area contributed by atoms with E-state index < -0.39 is 0 Å². The summed E-state index contributed by atoms with van der Waals surface area (Å²) in [5.41, 5.74) is 0.0368. The molecule has 3 amide bonds. The lowest BCUT2D eigenvalue weighted by atomic mass is 9.53. The van der Waals surface area contributed by atoms with Gasteiger partial charge in [-0.25, -0.2) is 4.79 Å². The highest BCUT2D eigenvalue weighted by Gasteiger charge is 2.51. The van der Waals surface area contributed by atoms with Gasteiger partial charge in [-0.2, -0.15) is 0 Å². The van der Waals surface area contributed by atoms with Gasteiger partial charge in [-0.1, -0.05) is 0 Å². The van der Waals surface area contributed by atoms with Crippen molar-refractivity contribution in [1.29, 1.82) is 0 Å². The molecule has 0 spiro atoms. The summed E-state index contributed by atoms with van der Waals surface area (Å²) in [6, 6.07) is -0.0852. The number of hydrogen-bond donors (Lipinski definition) is 4. The van der Waals surface area contributed by atoms with Crippen LogP contribution in [0, 0.1) is 23.7 Å². The molecule has 1 atom stereocenters. The van der Waals surface area contributed by atoms with E-state index in [1.54, 1.807) is 0 Å². The minimum Gasteiger partial charge on any atom is -0.356 e. The minimum atomic E-state index is -0.0852. The number of amides is 3. The van der Waals surface area contributed by atoms with E-state index in [0.29, 0.717) is 18.9 Å². The van der Waals surface area contributed by atoms with Crippen LogP contribution in [0.15, 0.2) is 0 Å². The van der Waals surface area contributed by atoms with Crippen LogP contribution in [0.1, 0.15) is 64.2 Å². The van der Waals surface area contributed by atoms with Crippen molar-refractivity contribution in [1.82, 2.24) is 21.3 Å². The van der Waals surface area contributed by atoms with E-state index in [9.17, 15) is 9.59 Å². The molecule has 7 heteroatoms. The summed E-state index contributed by atoms with van der Waals surface area (Å²) in [6.07, 6.45) is 11.5. The second-order valence-electron chi connectivity index (χ2n) is 9.68. The first kappa shape index (κ1) is 21.7. The van der Waals surface area contributed by atoms with Gasteiger partial charge in [-0.15, -0.1) is 12.4 Å². The molecule has 4 bridgehead atoms. The van der Waals surface area contributed by atoms with Crippen LogP contribution in [0.3, 0.4) is 0 Å². The standard InChI is InChI=1S/C21H36N4O2.ClH/c26-19(23-6-3-15-2-1-5-22-14-15)4-7-24-20(27)25-21-11-16-8-17(12-21)10-18(9-16)13-21;/h15-18,22H,1-14H2,(H,23,26)(H2,24,25,27);1H. The molecule has 4 N–H and O–H groups in total. The van der Waals surface area contributed by atoms with Gasteiger partial charge < -0.3 is 21.3 Å². The lowest BCUT2D eigenvalue weighted by Gasteiger charge is -2.56. The zero-order valence-corrected chi connectivity index (χ0v) is 17.8. The van der Waals surface area contributed by atoms with Crippen molar-refractivity contribution < 1.29 is 9.59 Å². The number of nitrogens with one attached hydrogen (secondary N) is 4. The van der Waals surface area contributed by atoms with Gasteiger partial charge in [0.25, 0.3) is 0 Å². The number of carbonyl (C=O) groups is 2. The van der Waals surface area contributed by atoms with Gasteiger partial charge in [0.1, 0.15) is 0 Å². The molecule has 5 aliphatic rings. The van der Waals surface area contributed by atoms with Gasteiger partial charge >= 0.3 is 6.03 Å². The molecule has 0 radical (unpaired) electrons. The predicted molar refractivity (Wildman–Crippen MR) is 113 cm³/mol. The first-order valence-corrected chi connectivity index (χ1v) is 11.1. The zero-order valence-electron chi connectivity index (χ0n) is 16.9. The molecule has 1 aliphatic heterocycles. The number of rotatable bonds is 7. The average molecular weight is 413 g/mol. The maximum Gasteiger partial charge on any atom is 0.315 e. The summed E-state index contributed by atoms with van der Waals surface area (Å²) in [5.74, 6) is 3.18. The fourth-order valence-corrected chi connectivity index (χ4v) is 6.51. The monoisotopic (exact) mass is 412 g/mol. The van der Waals surface area contributed by atoms with Crippen molar-refractivity contribution in [2.24, 2.45) is 23.7 Å². The molecule has 5 fully saturated rings. The molecule has 4 saturated carbocycles. The average Bonchev–Trinajstić information content (AvgIpc) is 2.61. The highest BCUT2D eigenvalue weighted by atomic mass is 35.5. The summed E-state index contributed by atoms with van der Waals surface area (Å²) >= 11 is 0. The molecule has 0 aromatic carbocycles. The van der Waals surface area contributed by atoms with E-state index >= 15 is 0 Å². The Balaban J connectivity index is 0.00000225. The van der Waals surface area contributed by atoms with Crippen molar-refractivity contribution in [2.75, 3.05) is 26.2 Å². The van der Waals surface area contributed by atoms with Crippen molar-refractivity contribution in [3.8, 4) is 0 Å². The quantitative estimate of drug-likeness (QED) is 0.518. The van der Waals surface area contributed by atoms with Gasteiger partial charge in [0.2, 0.25) is 5.91 Å². The lowest BCUT2D eigenvalue weighted by molar-refractivity contribution is -0.121. The Morgan fingerprint density at radius 1 is 0.964 bits per heavy atom. The van der Waals surface area contributed by atoms with Gasteiger partial charge in [-0.3, -0.25) is 4.79 Å². The van der Waals surface area contributed by atoms with Crippen molar-refractivity contribution in [3.63, 3.8) is 0 Å². The first-order chi connectivity index (χ1) is 13.1. The fourth-order valence-electron chi connectivity index (χ4n) is 6.51. The molecule has 4 aliphatic carbocycles. The van der Waals surface area contributed by atoms with E-state index in [1.807, 2.05) is 0 Å². The minimum absolute atomic E-state index is 0. The molecule has 28 heavy (non-hydrogen) atoms. The highest BCUT2D eigenvalue weighted by Crippen LogP contribution is 2.55. The van der Waals surface area contributed by atoms with Crippen LogP contribution < -0.4 is 21.3 Å². The second-order valence-corrected chi connectivity index (χ2v) is 9.68. The second kappa shape index (κ2) is 9.66. The molecular formula is C21H37ClN4O2. The highest BCUT2D eigenvalue weighted by molar-refractivity contribution is 5.85. The Morgan fingerprint density at radius 3 is 2.25 bits per heavy atom. The summed E-state index contributed by atoms with van der Waals surface area (Å²) < 4.78 is 0. The number of piperidine rings is 1. The summed E-state index contributed by atoms with van der Waals surface area (Å²) in [6.45, 7) is 3.35. The predicted octanol–water partition coefficient (Wildman–Crippen LogP) is 2.57. The Hall–Kier alpha value is -1.01. The number of urea groups is 1.